The Kier molecular flexibility index (Phi) is 7.15. The summed E-state index contributed by atoms with van der Waals surface area (Å²) >= 11 is 0. The molecule has 21 heavy (non-hydrogen) atoms. The minimum atomic E-state index is -0.907. The monoisotopic (exact) mass is 298 g/mol. The van der Waals surface area contributed by atoms with E-state index in [-0.39, 0.29) is 18.4 Å². The summed E-state index contributed by atoms with van der Waals surface area (Å²) < 4.78 is 0. The quantitative estimate of drug-likeness (QED) is 0.721. The van der Waals surface area contributed by atoms with Crippen LogP contribution in [0.5, 0.6) is 0 Å². The molecule has 5 nitrogen and oxygen atoms in total. The topological polar surface area (TPSA) is 69.6 Å². The molecule has 0 aromatic rings. The molecule has 0 saturated carbocycles. The first-order chi connectivity index (χ1) is 10.0. The Bertz CT molecular complexity index is 347. The number of aliphatic carboxylic acids is 1. The Morgan fingerprint density at radius 1 is 1.19 bits per heavy atom. The van der Waals surface area contributed by atoms with Crippen LogP contribution in [0.3, 0.4) is 0 Å². The number of carbonyl (C=O) groups is 2. The fourth-order valence-corrected chi connectivity index (χ4v) is 3.14. The SMILES string of the molecule is CCCN(C(=O)CC(CC)(CC)C(=O)O)C1CCNCC1. The van der Waals surface area contributed by atoms with Crippen LogP contribution in [0.4, 0.5) is 0 Å². The predicted octanol–water partition coefficient (Wildman–Crippen LogP) is 2.26. The summed E-state index contributed by atoms with van der Waals surface area (Å²) in [7, 11) is 0. The van der Waals surface area contributed by atoms with Gasteiger partial charge in [0.15, 0.2) is 0 Å². The van der Waals surface area contributed by atoms with Gasteiger partial charge in [0.1, 0.15) is 0 Å². The molecule has 0 spiro atoms. The summed E-state index contributed by atoms with van der Waals surface area (Å²) in [6, 6.07) is 0.263. The maximum atomic E-state index is 12.7. The van der Waals surface area contributed by atoms with Gasteiger partial charge in [0.05, 0.1) is 5.41 Å². The number of carboxylic acids is 1. The molecular weight excluding hydrogens is 268 g/mol. The summed E-state index contributed by atoms with van der Waals surface area (Å²) in [6.07, 6.45) is 3.95. The van der Waals surface area contributed by atoms with Crippen molar-refractivity contribution >= 4 is 11.9 Å². The molecule has 1 fully saturated rings. The number of hydrogen-bond acceptors (Lipinski definition) is 3. The lowest BCUT2D eigenvalue weighted by atomic mass is 9.78. The third-order valence-corrected chi connectivity index (χ3v) is 4.83. The van der Waals surface area contributed by atoms with Crippen molar-refractivity contribution in [2.45, 2.75) is 65.3 Å². The Morgan fingerprint density at radius 3 is 2.19 bits per heavy atom. The van der Waals surface area contributed by atoms with Crippen LogP contribution in [0, 0.1) is 5.41 Å². The Balaban J connectivity index is 2.82. The van der Waals surface area contributed by atoms with Gasteiger partial charge < -0.3 is 15.3 Å². The first-order valence-electron chi connectivity index (χ1n) is 8.24. The predicted molar refractivity (Wildman–Crippen MR) is 83.2 cm³/mol. The highest BCUT2D eigenvalue weighted by molar-refractivity contribution is 5.85. The average molecular weight is 298 g/mol. The summed E-state index contributed by atoms with van der Waals surface area (Å²) in [5.41, 5.74) is -0.907. The van der Waals surface area contributed by atoms with Crippen molar-refractivity contribution in [3.05, 3.63) is 0 Å². The molecule has 1 saturated heterocycles. The minimum Gasteiger partial charge on any atom is -0.481 e. The van der Waals surface area contributed by atoms with Crippen LogP contribution in [0.15, 0.2) is 0 Å². The summed E-state index contributed by atoms with van der Waals surface area (Å²) in [5, 5.41) is 12.8. The zero-order chi connectivity index (χ0) is 15.9. The second kappa shape index (κ2) is 8.37. The molecule has 1 rings (SSSR count). The molecule has 1 heterocycles. The second-order valence-corrected chi connectivity index (χ2v) is 6.04. The summed E-state index contributed by atoms with van der Waals surface area (Å²) in [4.78, 5) is 26.2. The van der Waals surface area contributed by atoms with Crippen LogP contribution in [0.25, 0.3) is 0 Å². The standard InChI is InChI=1S/C16H30N2O3/c1-4-11-18(13-7-9-17-10-8-13)14(19)12-16(5-2,6-3)15(20)21/h13,17H,4-12H2,1-3H3,(H,20,21). The molecule has 122 valence electrons. The van der Waals surface area contributed by atoms with Gasteiger partial charge in [-0.25, -0.2) is 0 Å². The zero-order valence-electron chi connectivity index (χ0n) is 13.7. The summed E-state index contributed by atoms with van der Waals surface area (Å²) in [6.45, 7) is 8.38. The third-order valence-electron chi connectivity index (χ3n) is 4.83. The first-order valence-corrected chi connectivity index (χ1v) is 8.24. The van der Waals surface area contributed by atoms with Crippen molar-refractivity contribution in [2.75, 3.05) is 19.6 Å². The molecule has 0 aromatic heterocycles. The van der Waals surface area contributed by atoms with Crippen LogP contribution in [-0.4, -0.2) is 47.6 Å². The van der Waals surface area contributed by atoms with Crippen molar-refractivity contribution in [1.29, 1.82) is 0 Å². The van der Waals surface area contributed by atoms with Crippen LogP contribution < -0.4 is 5.32 Å². The Hall–Kier alpha value is -1.10. The van der Waals surface area contributed by atoms with Gasteiger partial charge in [-0.3, -0.25) is 9.59 Å². The minimum absolute atomic E-state index is 0.00912. The fraction of sp³-hybridized carbons (Fsp3) is 0.875. The number of nitrogens with one attached hydrogen (secondary N) is 1. The molecule has 1 aliphatic heterocycles. The number of nitrogens with zero attached hydrogens (tertiary/aromatic N) is 1. The van der Waals surface area contributed by atoms with E-state index in [1.165, 1.54) is 0 Å². The van der Waals surface area contributed by atoms with Crippen LogP contribution in [0.1, 0.15) is 59.3 Å². The van der Waals surface area contributed by atoms with Crippen molar-refractivity contribution in [3.63, 3.8) is 0 Å². The first kappa shape index (κ1) is 18.0. The largest absolute Gasteiger partial charge is 0.481 e. The summed E-state index contributed by atoms with van der Waals surface area (Å²) in [5.74, 6) is -0.836. The number of carbonyl (C=O) groups excluding carboxylic acids is 1. The lowest BCUT2D eigenvalue weighted by molar-refractivity contribution is -0.155. The Labute approximate surface area is 128 Å². The van der Waals surface area contributed by atoms with Gasteiger partial charge in [0, 0.05) is 19.0 Å². The molecule has 0 atom stereocenters. The second-order valence-electron chi connectivity index (χ2n) is 6.04. The van der Waals surface area contributed by atoms with Crippen LogP contribution in [-0.2, 0) is 9.59 Å². The van der Waals surface area contributed by atoms with E-state index < -0.39 is 11.4 Å². The smallest absolute Gasteiger partial charge is 0.310 e. The van der Waals surface area contributed by atoms with Gasteiger partial charge in [-0.15, -0.1) is 0 Å². The van der Waals surface area contributed by atoms with Crippen molar-refractivity contribution in [2.24, 2.45) is 5.41 Å². The zero-order valence-corrected chi connectivity index (χ0v) is 13.7. The molecule has 2 N–H and O–H groups in total. The van der Waals surface area contributed by atoms with Gasteiger partial charge >= 0.3 is 5.97 Å². The fourth-order valence-electron chi connectivity index (χ4n) is 3.14. The van der Waals surface area contributed by atoms with Gasteiger partial charge in [-0.1, -0.05) is 20.8 Å². The van der Waals surface area contributed by atoms with Crippen molar-refractivity contribution in [3.8, 4) is 0 Å². The number of amides is 1. The average Bonchev–Trinajstić information content (AvgIpc) is 2.50. The molecular formula is C16H30N2O3. The van der Waals surface area contributed by atoms with Crippen molar-refractivity contribution < 1.29 is 14.7 Å². The molecule has 1 aliphatic rings. The molecule has 0 radical (unpaired) electrons. The molecule has 1 amide bonds. The molecule has 5 heteroatoms. The van der Waals surface area contributed by atoms with E-state index in [1.54, 1.807) is 0 Å². The maximum Gasteiger partial charge on any atom is 0.310 e. The number of hydrogen-bond donors (Lipinski definition) is 2. The van der Waals surface area contributed by atoms with Crippen LogP contribution >= 0.6 is 0 Å². The number of piperidine rings is 1. The highest BCUT2D eigenvalue weighted by Gasteiger charge is 2.39. The maximum absolute atomic E-state index is 12.7. The van der Waals surface area contributed by atoms with E-state index in [2.05, 4.69) is 12.2 Å². The number of rotatable bonds is 8. The van der Waals surface area contributed by atoms with Crippen molar-refractivity contribution in [1.82, 2.24) is 10.2 Å². The highest BCUT2D eigenvalue weighted by Crippen LogP contribution is 2.32. The van der Waals surface area contributed by atoms with Gasteiger partial charge in [0.2, 0.25) is 5.91 Å². The van der Waals surface area contributed by atoms with E-state index in [1.807, 2.05) is 18.7 Å². The van der Waals surface area contributed by atoms with E-state index in [0.717, 1.165) is 38.9 Å². The Morgan fingerprint density at radius 2 is 1.76 bits per heavy atom. The van der Waals surface area contributed by atoms with Gasteiger partial charge in [-0.05, 0) is 45.2 Å². The molecule has 0 aromatic carbocycles. The lowest BCUT2D eigenvalue weighted by Gasteiger charge is -2.37. The van der Waals surface area contributed by atoms with E-state index >= 15 is 0 Å². The molecule has 0 aliphatic carbocycles. The third kappa shape index (κ3) is 4.43. The highest BCUT2D eigenvalue weighted by atomic mass is 16.4. The molecule has 0 bridgehead atoms. The number of carboxylic acid groups (broad SMARTS) is 1. The normalized spacial score (nSPS) is 16.7. The van der Waals surface area contributed by atoms with Crippen LogP contribution in [0.2, 0.25) is 0 Å². The van der Waals surface area contributed by atoms with Gasteiger partial charge in [-0.2, -0.15) is 0 Å². The van der Waals surface area contributed by atoms with Gasteiger partial charge in [0.25, 0.3) is 0 Å². The van der Waals surface area contributed by atoms with E-state index in [9.17, 15) is 14.7 Å². The van der Waals surface area contributed by atoms with E-state index in [0.29, 0.717) is 12.8 Å². The lowest BCUT2D eigenvalue weighted by Crippen LogP contribution is -2.48. The van der Waals surface area contributed by atoms with E-state index in [4.69, 9.17) is 0 Å². The molecule has 0 unspecified atom stereocenters.